The molecule has 0 aliphatic rings. The van der Waals surface area contributed by atoms with Gasteiger partial charge < -0.3 is 16.4 Å². The van der Waals surface area contributed by atoms with E-state index in [1.54, 1.807) is 25.1 Å². The monoisotopic (exact) mass is 558 g/mol. The van der Waals surface area contributed by atoms with Crippen molar-refractivity contribution in [1.29, 1.82) is 0 Å². The highest BCUT2D eigenvalue weighted by molar-refractivity contribution is 7.21. The van der Waals surface area contributed by atoms with Gasteiger partial charge in [0.1, 0.15) is 15.5 Å². The summed E-state index contributed by atoms with van der Waals surface area (Å²) in [6.45, 7) is 5.65. The van der Waals surface area contributed by atoms with Gasteiger partial charge in [-0.3, -0.25) is 9.59 Å². The van der Waals surface area contributed by atoms with Crippen LogP contribution in [0.5, 0.6) is 0 Å². The molecule has 0 bridgehead atoms. The standard InChI is InChI=1S/C30H24ClFN4O2S/c1-15-8-13-22(16(2)14-15)36-28(37)23-17(3)34-30-25(24(23)20-6-4-5-7-21(20)31)26(33)27(39-30)29(38)35-19-11-9-18(32)10-12-19/h4-14H,33H2,1-3H3,(H,35,38)(H,36,37). The molecule has 3 aromatic carbocycles. The summed E-state index contributed by atoms with van der Waals surface area (Å²) >= 11 is 7.75. The molecule has 196 valence electrons. The van der Waals surface area contributed by atoms with Crippen molar-refractivity contribution >= 4 is 62.0 Å². The number of pyridine rings is 1. The SMILES string of the molecule is Cc1ccc(NC(=O)c2c(C)nc3sc(C(=O)Nc4ccc(F)cc4)c(N)c3c2-c2ccccc2Cl)c(C)c1. The molecule has 0 spiro atoms. The molecule has 0 radical (unpaired) electrons. The minimum absolute atomic E-state index is 0.178. The van der Waals surface area contributed by atoms with Gasteiger partial charge in [-0.25, -0.2) is 9.37 Å². The molecule has 5 rings (SSSR count). The fourth-order valence-electron chi connectivity index (χ4n) is 4.51. The molecule has 2 heterocycles. The molecule has 6 nitrogen and oxygen atoms in total. The fraction of sp³-hybridized carbons (Fsp3) is 0.100. The number of aromatic nitrogens is 1. The van der Waals surface area contributed by atoms with Crippen molar-refractivity contribution in [3.63, 3.8) is 0 Å². The zero-order valence-electron chi connectivity index (χ0n) is 21.4. The Labute approximate surface area is 233 Å². The van der Waals surface area contributed by atoms with E-state index in [0.29, 0.717) is 49.0 Å². The first-order chi connectivity index (χ1) is 18.6. The molecular formula is C30H24ClFN4O2S. The molecule has 0 saturated carbocycles. The number of anilines is 3. The van der Waals surface area contributed by atoms with Crippen molar-refractivity contribution in [2.24, 2.45) is 0 Å². The number of hydrogen-bond donors (Lipinski definition) is 3. The smallest absolute Gasteiger partial charge is 0.267 e. The summed E-state index contributed by atoms with van der Waals surface area (Å²) in [6.07, 6.45) is 0. The van der Waals surface area contributed by atoms with Crippen molar-refractivity contribution in [1.82, 2.24) is 4.98 Å². The quantitative estimate of drug-likeness (QED) is 0.205. The van der Waals surface area contributed by atoms with Gasteiger partial charge >= 0.3 is 0 Å². The van der Waals surface area contributed by atoms with Gasteiger partial charge in [-0.1, -0.05) is 47.5 Å². The van der Waals surface area contributed by atoms with Crippen LogP contribution in [0.3, 0.4) is 0 Å². The van der Waals surface area contributed by atoms with Gasteiger partial charge in [0.05, 0.1) is 16.9 Å². The Morgan fingerprint density at radius 2 is 1.67 bits per heavy atom. The van der Waals surface area contributed by atoms with Crippen LogP contribution in [0.25, 0.3) is 21.3 Å². The van der Waals surface area contributed by atoms with Crippen molar-refractivity contribution in [2.45, 2.75) is 20.8 Å². The minimum atomic E-state index is -0.467. The van der Waals surface area contributed by atoms with Crippen LogP contribution in [0.1, 0.15) is 36.9 Å². The summed E-state index contributed by atoms with van der Waals surface area (Å²) in [7, 11) is 0. The second-order valence-electron chi connectivity index (χ2n) is 9.19. The first-order valence-corrected chi connectivity index (χ1v) is 13.3. The lowest BCUT2D eigenvalue weighted by atomic mass is 9.94. The maximum atomic E-state index is 13.8. The number of nitrogens with zero attached hydrogens (tertiary/aromatic N) is 1. The van der Waals surface area contributed by atoms with Gasteiger partial charge in [0, 0.05) is 32.9 Å². The van der Waals surface area contributed by atoms with Crippen LogP contribution in [-0.2, 0) is 0 Å². The average Bonchev–Trinajstić information content (AvgIpc) is 3.22. The molecule has 0 atom stereocenters. The van der Waals surface area contributed by atoms with Crippen LogP contribution in [-0.4, -0.2) is 16.8 Å². The number of hydrogen-bond acceptors (Lipinski definition) is 5. The Morgan fingerprint density at radius 1 is 0.949 bits per heavy atom. The average molecular weight is 559 g/mol. The van der Waals surface area contributed by atoms with Crippen LogP contribution in [0.15, 0.2) is 66.7 Å². The summed E-state index contributed by atoms with van der Waals surface area (Å²) < 4.78 is 13.3. The van der Waals surface area contributed by atoms with Gasteiger partial charge in [-0.15, -0.1) is 11.3 Å². The lowest BCUT2D eigenvalue weighted by molar-refractivity contribution is 0.102. The second-order valence-corrected chi connectivity index (χ2v) is 10.6. The number of amides is 2. The van der Waals surface area contributed by atoms with Crippen molar-refractivity contribution in [3.05, 3.63) is 105 Å². The Bertz CT molecular complexity index is 1770. The number of benzene rings is 3. The van der Waals surface area contributed by atoms with E-state index in [1.807, 2.05) is 38.1 Å². The van der Waals surface area contributed by atoms with Crippen molar-refractivity contribution in [2.75, 3.05) is 16.4 Å². The minimum Gasteiger partial charge on any atom is -0.397 e. The third kappa shape index (κ3) is 5.08. The van der Waals surface area contributed by atoms with Crippen molar-refractivity contribution < 1.29 is 14.0 Å². The van der Waals surface area contributed by atoms with E-state index in [0.717, 1.165) is 22.5 Å². The van der Waals surface area contributed by atoms with Crippen LogP contribution >= 0.6 is 22.9 Å². The summed E-state index contributed by atoms with van der Waals surface area (Å²) in [4.78, 5) is 32.4. The molecule has 0 aliphatic heterocycles. The van der Waals surface area contributed by atoms with Gasteiger partial charge in [0.15, 0.2) is 0 Å². The van der Waals surface area contributed by atoms with Gasteiger partial charge in [-0.2, -0.15) is 0 Å². The Balaban J connectivity index is 1.68. The second kappa shape index (κ2) is 10.5. The predicted molar refractivity (Wildman–Crippen MR) is 157 cm³/mol. The first-order valence-electron chi connectivity index (χ1n) is 12.1. The largest absolute Gasteiger partial charge is 0.397 e. The molecule has 2 aromatic heterocycles. The maximum Gasteiger partial charge on any atom is 0.267 e. The molecule has 9 heteroatoms. The number of rotatable bonds is 5. The van der Waals surface area contributed by atoms with Crippen LogP contribution in [0.2, 0.25) is 5.02 Å². The molecule has 4 N–H and O–H groups in total. The summed E-state index contributed by atoms with van der Waals surface area (Å²) in [5.74, 6) is -1.25. The van der Waals surface area contributed by atoms with Crippen LogP contribution in [0.4, 0.5) is 21.5 Å². The van der Waals surface area contributed by atoms with E-state index < -0.39 is 11.7 Å². The van der Waals surface area contributed by atoms with E-state index in [2.05, 4.69) is 15.6 Å². The molecular weight excluding hydrogens is 535 g/mol. The van der Waals surface area contributed by atoms with Crippen molar-refractivity contribution in [3.8, 4) is 11.1 Å². The summed E-state index contributed by atoms with van der Waals surface area (Å²) in [5.41, 5.74) is 11.7. The Hall–Kier alpha value is -4.27. The number of fused-ring (bicyclic) bond motifs is 1. The third-order valence-corrected chi connectivity index (χ3v) is 7.79. The predicted octanol–water partition coefficient (Wildman–Crippen LogP) is 7.77. The number of thiophene rings is 1. The highest BCUT2D eigenvalue weighted by Gasteiger charge is 2.28. The normalized spacial score (nSPS) is 11.0. The number of carbonyl (C=O) groups excluding carboxylic acids is 2. The van der Waals surface area contributed by atoms with E-state index >= 15 is 0 Å². The van der Waals surface area contributed by atoms with E-state index in [1.165, 1.54) is 24.3 Å². The molecule has 5 aromatic rings. The lowest BCUT2D eigenvalue weighted by Crippen LogP contribution is -2.17. The van der Waals surface area contributed by atoms with Crippen LogP contribution in [0, 0.1) is 26.6 Å². The third-order valence-electron chi connectivity index (χ3n) is 6.37. The van der Waals surface area contributed by atoms with Crippen LogP contribution < -0.4 is 16.4 Å². The number of nitrogen functional groups attached to an aromatic ring is 1. The number of aryl methyl sites for hydroxylation is 3. The number of nitrogens with one attached hydrogen (secondary N) is 2. The lowest BCUT2D eigenvalue weighted by Gasteiger charge is -2.16. The summed E-state index contributed by atoms with van der Waals surface area (Å²) in [6, 6.07) is 18.4. The number of nitrogens with two attached hydrogens (primary N) is 1. The van der Waals surface area contributed by atoms with Gasteiger partial charge in [0.2, 0.25) is 0 Å². The fourth-order valence-corrected chi connectivity index (χ4v) is 5.78. The van der Waals surface area contributed by atoms with Gasteiger partial charge in [0.25, 0.3) is 11.8 Å². The van der Waals surface area contributed by atoms with E-state index in [9.17, 15) is 14.0 Å². The Morgan fingerprint density at radius 3 is 2.36 bits per heavy atom. The molecule has 0 unspecified atom stereocenters. The summed E-state index contributed by atoms with van der Waals surface area (Å²) in [5, 5.41) is 6.64. The Kier molecular flexibility index (Phi) is 7.08. The zero-order valence-corrected chi connectivity index (χ0v) is 22.9. The highest BCUT2D eigenvalue weighted by atomic mass is 35.5. The van der Waals surface area contributed by atoms with Gasteiger partial charge in [-0.05, 0) is 62.7 Å². The molecule has 0 saturated heterocycles. The van der Waals surface area contributed by atoms with E-state index in [-0.39, 0.29) is 16.5 Å². The van der Waals surface area contributed by atoms with E-state index in [4.69, 9.17) is 17.3 Å². The number of carbonyl (C=O) groups is 2. The molecule has 0 fully saturated rings. The molecule has 0 aliphatic carbocycles. The first kappa shape index (κ1) is 26.3. The maximum absolute atomic E-state index is 13.8. The molecule has 2 amide bonds. The number of halogens is 2. The highest BCUT2D eigenvalue weighted by Crippen LogP contribution is 2.44. The topological polar surface area (TPSA) is 97.1 Å². The molecule has 39 heavy (non-hydrogen) atoms. The zero-order chi connectivity index (χ0) is 27.8.